The van der Waals surface area contributed by atoms with Crippen molar-refractivity contribution in [1.29, 1.82) is 0 Å². The lowest BCUT2D eigenvalue weighted by Crippen LogP contribution is -2.29. The molecule has 0 atom stereocenters. The van der Waals surface area contributed by atoms with Gasteiger partial charge in [-0.2, -0.15) is 9.78 Å². The molecule has 2 amide bonds. The second kappa shape index (κ2) is 29.8. The van der Waals surface area contributed by atoms with Crippen LogP contribution < -0.4 is 29.0 Å². The molecule has 14 heteroatoms. The van der Waals surface area contributed by atoms with E-state index in [2.05, 4.69) is 52.1 Å². The average Bonchev–Trinajstić information content (AvgIpc) is 1.83. The lowest BCUT2D eigenvalue weighted by atomic mass is 9.86. The third-order valence-electron chi connectivity index (χ3n) is 13.9. The van der Waals surface area contributed by atoms with E-state index in [1.165, 1.54) is 12.2 Å². The van der Waals surface area contributed by atoms with Gasteiger partial charge in [0.15, 0.2) is 11.5 Å². The maximum Gasteiger partial charge on any atom is 0.330 e. The van der Waals surface area contributed by atoms with Crippen molar-refractivity contribution < 1.29 is 57.7 Å². The Morgan fingerprint density at radius 2 is 0.833 bits per heavy atom. The fourth-order valence-electron chi connectivity index (χ4n) is 9.50. The fourth-order valence-corrected chi connectivity index (χ4v) is 9.50. The number of ether oxygens (including phenoxy) is 4. The molecular formula is C70H74N2O12. The Bertz CT molecular complexity index is 3310. The van der Waals surface area contributed by atoms with Crippen molar-refractivity contribution in [2.75, 3.05) is 36.2 Å². The van der Waals surface area contributed by atoms with E-state index in [1.54, 1.807) is 46.2 Å². The Hall–Kier alpha value is -8.98. The third-order valence-corrected chi connectivity index (χ3v) is 13.9. The molecule has 6 aromatic carbocycles. The summed E-state index contributed by atoms with van der Waals surface area (Å²) in [5.74, 6) is 0.910. The predicted octanol–water partition coefficient (Wildman–Crippen LogP) is 15.0. The lowest BCUT2D eigenvalue weighted by Gasteiger charge is -2.26. The Morgan fingerprint density at radius 1 is 0.464 bits per heavy atom. The molecule has 0 spiro atoms. The highest BCUT2D eigenvalue weighted by molar-refractivity contribution is 6.41. The Kier molecular flexibility index (Phi) is 21.7. The number of nitrogens with zero attached hydrogens (tertiary/aromatic N) is 2. The quantitative estimate of drug-likeness (QED) is 0.0134. The van der Waals surface area contributed by atoms with E-state index < -0.39 is 11.9 Å². The average molecular weight is 1140 g/mol. The summed E-state index contributed by atoms with van der Waals surface area (Å²) in [6, 6.07) is 45.3. The monoisotopic (exact) mass is 1130 g/mol. The Morgan fingerprint density at radius 3 is 1.25 bits per heavy atom. The summed E-state index contributed by atoms with van der Waals surface area (Å²) in [5.41, 5.74) is 8.85. The zero-order valence-electron chi connectivity index (χ0n) is 48.7. The van der Waals surface area contributed by atoms with Gasteiger partial charge in [-0.1, -0.05) is 118 Å². The minimum atomic E-state index is -0.401. The number of carbonyl (C=O) groups excluding carboxylic acids is 4. The molecule has 14 nitrogen and oxygen atoms in total. The first-order chi connectivity index (χ1) is 40.7. The van der Waals surface area contributed by atoms with Crippen LogP contribution in [0.15, 0.2) is 188 Å². The second-order valence-electron chi connectivity index (χ2n) is 21.6. The van der Waals surface area contributed by atoms with Crippen molar-refractivity contribution in [3.8, 4) is 23.0 Å². The van der Waals surface area contributed by atoms with Crippen LogP contribution in [-0.2, 0) is 57.1 Å². The highest BCUT2D eigenvalue weighted by Gasteiger charge is 2.50. The number of hydrogen-bond acceptors (Lipinski definition) is 12. The van der Waals surface area contributed by atoms with Crippen molar-refractivity contribution in [1.82, 2.24) is 0 Å². The van der Waals surface area contributed by atoms with Crippen LogP contribution in [-0.4, -0.2) is 50.2 Å². The number of hydrogen-bond donors (Lipinski definition) is 0. The van der Waals surface area contributed by atoms with Gasteiger partial charge < -0.3 is 28.7 Å². The van der Waals surface area contributed by atoms with Gasteiger partial charge in [0, 0.05) is 23.5 Å². The zero-order valence-corrected chi connectivity index (χ0v) is 48.7. The largest absolute Gasteiger partial charge is 0.494 e. The second-order valence-corrected chi connectivity index (χ2v) is 21.6. The number of esters is 2. The maximum absolute atomic E-state index is 15.4. The number of allylic oxidation sites excluding steroid dienone is 1. The number of amides is 2. The number of anilines is 2. The van der Waals surface area contributed by atoms with Gasteiger partial charge >= 0.3 is 11.9 Å². The summed E-state index contributed by atoms with van der Waals surface area (Å²) in [6.45, 7) is 19.5. The first-order valence-corrected chi connectivity index (χ1v) is 28.6. The molecule has 0 saturated heterocycles. The van der Waals surface area contributed by atoms with E-state index in [1.807, 2.05) is 111 Å². The smallest absolute Gasteiger partial charge is 0.330 e. The molecule has 436 valence electrons. The molecular weight excluding hydrogens is 1060 g/mol. The SMILES string of the molecule is C=CC(=O)OCCCCCCOc1ccc(COOc2ccc(N3C(=O)C4=C(c5ccc(C=C(C)C)cc5)N(c5ccc(COOc6ccc(OCCCCCCOC(=O)C=C)cc6)cc5)C(=O)C4=C3c3ccc(C(C)(C)C)cc3)cc2)cc1. The fraction of sp³-hybridized carbons (Fsp3) is 0.286. The van der Waals surface area contributed by atoms with Crippen LogP contribution >= 0.6 is 0 Å². The molecule has 84 heavy (non-hydrogen) atoms. The molecule has 8 rings (SSSR count). The van der Waals surface area contributed by atoms with Crippen molar-refractivity contribution in [3.63, 3.8) is 0 Å². The lowest BCUT2D eigenvalue weighted by molar-refractivity contribution is -0.217. The molecule has 2 aliphatic heterocycles. The van der Waals surface area contributed by atoms with Crippen LogP contribution in [0.4, 0.5) is 11.4 Å². The number of fused-ring (bicyclic) bond motifs is 1. The van der Waals surface area contributed by atoms with E-state index in [9.17, 15) is 9.59 Å². The van der Waals surface area contributed by atoms with Crippen molar-refractivity contribution in [2.45, 2.75) is 105 Å². The molecule has 0 unspecified atom stereocenters. The van der Waals surface area contributed by atoms with Gasteiger partial charge in [0.25, 0.3) is 11.8 Å². The summed E-state index contributed by atoms with van der Waals surface area (Å²) in [6.07, 6.45) is 11.6. The Labute approximate surface area is 493 Å². The minimum absolute atomic E-state index is 0.121. The standard InChI is InChI=1S/C70H74N2O12/c1-8-62(73)79-44-16-12-10-14-42-77-58-34-22-52(23-35-58)48-82-83-60-36-32-57(33-37-60)72-67(54-26-28-55(29-27-54)70(5,6)7)65-64(69(72)76)66(53-24-18-50(19-25-53)46-49(3)4)71(68(65)75)56-30-20-51(21-31-56)47-81-84-61-40-38-59(39-41-61)78-43-15-11-13-17-45-80-63(74)9-2/h8-9,18-41,46H,1-2,10-17,42-45,47-48H2,3-7H3. The first-order valence-electron chi connectivity index (χ1n) is 28.6. The third kappa shape index (κ3) is 16.6. The van der Waals surface area contributed by atoms with Crippen LogP contribution in [0.1, 0.15) is 119 Å². The van der Waals surface area contributed by atoms with Crippen molar-refractivity contribution in [3.05, 3.63) is 221 Å². The number of carbonyl (C=O) groups is 4. The van der Waals surface area contributed by atoms with E-state index in [4.69, 9.17) is 38.5 Å². The van der Waals surface area contributed by atoms with Gasteiger partial charge in [-0.15, -0.1) is 0 Å². The maximum atomic E-state index is 15.4. The molecule has 0 saturated carbocycles. The van der Waals surface area contributed by atoms with Gasteiger partial charge in [-0.25, -0.2) is 9.59 Å². The molecule has 2 heterocycles. The first kappa shape index (κ1) is 61.1. The van der Waals surface area contributed by atoms with Crippen LogP contribution in [0.25, 0.3) is 17.5 Å². The molecule has 0 bridgehead atoms. The topological polar surface area (TPSA) is 149 Å². The molecule has 0 N–H and O–H groups in total. The van der Waals surface area contributed by atoms with Crippen LogP contribution in [0, 0.1) is 0 Å². The molecule has 2 aliphatic rings. The molecule has 0 radical (unpaired) electrons. The highest BCUT2D eigenvalue weighted by Crippen LogP contribution is 2.50. The summed E-state index contributed by atoms with van der Waals surface area (Å²) >= 11 is 0. The number of rotatable bonds is 31. The molecule has 0 fully saturated rings. The number of benzene rings is 6. The van der Waals surface area contributed by atoms with Gasteiger partial charge in [0.1, 0.15) is 24.7 Å². The summed E-state index contributed by atoms with van der Waals surface area (Å²) in [4.78, 5) is 79.2. The van der Waals surface area contributed by atoms with E-state index >= 15 is 9.59 Å². The van der Waals surface area contributed by atoms with Gasteiger partial charge in [-0.05, 0) is 177 Å². The van der Waals surface area contributed by atoms with E-state index in [-0.39, 0.29) is 30.4 Å². The van der Waals surface area contributed by atoms with Crippen LogP contribution in [0.3, 0.4) is 0 Å². The van der Waals surface area contributed by atoms with E-state index in [0.29, 0.717) is 88.7 Å². The zero-order chi connectivity index (χ0) is 59.4. The summed E-state index contributed by atoms with van der Waals surface area (Å²) in [5, 5.41) is 0. The molecule has 0 aromatic heterocycles. The van der Waals surface area contributed by atoms with Crippen molar-refractivity contribution >= 4 is 52.6 Å². The Balaban J connectivity index is 0.954. The summed E-state index contributed by atoms with van der Waals surface area (Å²) < 4.78 is 21.8. The summed E-state index contributed by atoms with van der Waals surface area (Å²) in [7, 11) is 0. The predicted molar refractivity (Wildman–Crippen MR) is 327 cm³/mol. The van der Waals surface area contributed by atoms with Gasteiger partial charge in [-0.3, -0.25) is 19.4 Å². The van der Waals surface area contributed by atoms with Gasteiger partial charge in [0.2, 0.25) is 0 Å². The molecule has 0 aliphatic carbocycles. The van der Waals surface area contributed by atoms with Crippen molar-refractivity contribution in [2.24, 2.45) is 0 Å². The highest BCUT2D eigenvalue weighted by atomic mass is 17.2. The minimum Gasteiger partial charge on any atom is -0.494 e. The van der Waals surface area contributed by atoms with Crippen LogP contribution in [0.2, 0.25) is 0 Å². The van der Waals surface area contributed by atoms with E-state index in [0.717, 1.165) is 84.9 Å². The van der Waals surface area contributed by atoms with Crippen LogP contribution in [0.5, 0.6) is 23.0 Å². The number of unbranched alkanes of at least 4 members (excludes halogenated alkanes) is 6. The van der Waals surface area contributed by atoms with Gasteiger partial charge in [0.05, 0.1) is 49.0 Å². The normalized spacial score (nSPS) is 13.0. The molecule has 6 aromatic rings.